The van der Waals surface area contributed by atoms with Crippen LogP contribution in [0.3, 0.4) is 0 Å². The van der Waals surface area contributed by atoms with Crippen molar-refractivity contribution >= 4 is 22.4 Å². The lowest BCUT2D eigenvalue weighted by molar-refractivity contribution is 0.326. The highest BCUT2D eigenvalue weighted by molar-refractivity contribution is 7.15. The second-order valence-corrected chi connectivity index (χ2v) is 6.93. The van der Waals surface area contributed by atoms with Crippen LogP contribution in [-0.4, -0.2) is 28.3 Å². The van der Waals surface area contributed by atoms with Gasteiger partial charge in [-0.3, -0.25) is 4.79 Å². The third-order valence-corrected chi connectivity index (χ3v) is 5.02. The molecule has 140 valence electrons. The van der Waals surface area contributed by atoms with Gasteiger partial charge in [0.25, 0.3) is 5.56 Å². The molecule has 0 bridgehead atoms. The van der Waals surface area contributed by atoms with E-state index in [9.17, 15) is 4.79 Å². The first-order valence-electron chi connectivity index (χ1n) is 8.58. The van der Waals surface area contributed by atoms with Crippen molar-refractivity contribution in [2.75, 3.05) is 13.7 Å². The van der Waals surface area contributed by atoms with Gasteiger partial charge in [0.05, 0.1) is 11.6 Å². The van der Waals surface area contributed by atoms with Gasteiger partial charge in [0.15, 0.2) is 17.3 Å². The lowest BCUT2D eigenvalue weighted by atomic mass is 10.2. The van der Waals surface area contributed by atoms with Crippen LogP contribution in [0.2, 0.25) is 0 Å². The number of benzene rings is 2. The summed E-state index contributed by atoms with van der Waals surface area (Å²) in [6.07, 6.45) is 3.46. The van der Waals surface area contributed by atoms with Gasteiger partial charge in [-0.1, -0.05) is 60.4 Å². The zero-order valence-corrected chi connectivity index (χ0v) is 16.0. The van der Waals surface area contributed by atoms with Crippen molar-refractivity contribution in [3.05, 3.63) is 81.6 Å². The van der Waals surface area contributed by atoms with Gasteiger partial charge < -0.3 is 9.47 Å². The monoisotopic (exact) mass is 391 g/mol. The molecule has 0 saturated carbocycles. The molecular weight excluding hydrogens is 374 g/mol. The van der Waals surface area contributed by atoms with E-state index in [0.717, 1.165) is 11.1 Å². The number of nitrogens with zero attached hydrogens (tertiary/aromatic N) is 3. The summed E-state index contributed by atoms with van der Waals surface area (Å²) in [5, 5.41) is 4.36. The number of ether oxygens (including phenoxy) is 2. The van der Waals surface area contributed by atoms with Gasteiger partial charge in [-0.25, -0.2) is 0 Å². The lowest BCUT2D eigenvalue weighted by Crippen LogP contribution is -2.23. The Kier molecular flexibility index (Phi) is 4.90. The smallest absolute Gasteiger partial charge is 0.291 e. The van der Waals surface area contributed by atoms with E-state index in [0.29, 0.717) is 33.4 Å². The Bertz CT molecular complexity index is 1250. The minimum absolute atomic E-state index is 0.194. The predicted octanol–water partition coefficient (Wildman–Crippen LogP) is 2.94. The largest absolute Gasteiger partial charge is 0.493 e. The molecule has 0 aliphatic carbocycles. The second kappa shape index (κ2) is 7.66. The molecule has 4 rings (SSSR count). The van der Waals surface area contributed by atoms with Crippen LogP contribution in [0.5, 0.6) is 11.5 Å². The number of methoxy groups -OCH3 is 1. The van der Waals surface area contributed by atoms with Crippen molar-refractivity contribution < 1.29 is 9.47 Å². The molecule has 0 N–H and O–H groups in total. The maximum atomic E-state index is 12.7. The standard InChI is InChI=1S/C21H17N3O3S/c1-3-11-27-16-10-9-14(12-17(16)26-2)13-18-20(25)24-21(28-18)22-19(23-24)15-7-5-4-6-8-15/h3-10,12-13H,1,11H2,2H3. The molecule has 0 atom stereocenters. The molecule has 0 saturated heterocycles. The van der Waals surface area contributed by atoms with Crippen LogP contribution < -0.4 is 19.6 Å². The molecule has 0 fully saturated rings. The number of hydrogen-bond acceptors (Lipinski definition) is 6. The molecule has 6 nitrogen and oxygen atoms in total. The van der Waals surface area contributed by atoms with E-state index in [-0.39, 0.29) is 5.56 Å². The summed E-state index contributed by atoms with van der Waals surface area (Å²) < 4.78 is 12.8. The molecule has 0 unspecified atom stereocenters. The summed E-state index contributed by atoms with van der Waals surface area (Å²) in [6, 6.07) is 15.1. The Morgan fingerprint density at radius 3 is 2.71 bits per heavy atom. The zero-order chi connectivity index (χ0) is 19.5. The molecule has 0 radical (unpaired) electrons. The summed E-state index contributed by atoms with van der Waals surface area (Å²) >= 11 is 1.30. The van der Waals surface area contributed by atoms with Crippen LogP contribution in [0.4, 0.5) is 0 Å². The molecule has 0 aliphatic heterocycles. The van der Waals surface area contributed by atoms with Gasteiger partial charge in [-0.2, -0.15) is 9.50 Å². The lowest BCUT2D eigenvalue weighted by Gasteiger charge is -2.09. The van der Waals surface area contributed by atoms with Gasteiger partial charge in [-0.05, 0) is 23.8 Å². The van der Waals surface area contributed by atoms with Crippen molar-refractivity contribution in [2.45, 2.75) is 0 Å². The van der Waals surface area contributed by atoms with Crippen LogP contribution in [-0.2, 0) is 0 Å². The summed E-state index contributed by atoms with van der Waals surface area (Å²) in [5.41, 5.74) is 1.51. The van der Waals surface area contributed by atoms with E-state index in [4.69, 9.17) is 9.47 Å². The van der Waals surface area contributed by atoms with Crippen molar-refractivity contribution in [3.8, 4) is 22.9 Å². The average molecular weight is 391 g/mol. The van der Waals surface area contributed by atoms with E-state index < -0.39 is 0 Å². The first kappa shape index (κ1) is 17.9. The molecule has 0 amide bonds. The Morgan fingerprint density at radius 2 is 2.00 bits per heavy atom. The normalized spacial score (nSPS) is 11.7. The van der Waals surface area contributed by atoms with Crippen LogP contribution in [0, 0.1) is 0 Å². The topological polar surface area (TPSA) is 65.7 Å². The van der Waals surface area contributed by atoms with Crippen molar-refractivity contribution in [1.82, 2.24) is 14.6 Å². The number of thiazole rings is 1. The van der Waals surface area contributed by atoms with Crippen LogP contribution in [0.1, 0.15) is 5.56 Å². The van der Waals surface area contributed by atoms with Crippen molar-refractivity contribution in [2.24, 2.45) is 0 Å². The van der Waals surface area contributed by atoms with E-state index in [1.807, 2.05) is 48.5 Å². The highest BCUT2D eigenvalue weighted by Gasteiger charge is 2.12. The van der Waals surface area contributed by atoms with Crippen LogP contribution in [0.25, 0.3) is 22.4 Å². The van der Waals surface area contributed by atoms with Gasteiger partial charge in [0.2, 0.25) is 4.96 Å². The highest BCUT2D eigenvalue weighted by Crippen LogP contribution is 2.28. The molecule has 0 spiro atoms. The van der Waals surface area contributed by atoms with E-state index >= 15 is 0 Å². The fourth-order valence-corrected chi connectivity index (χ4v) is 3.64. The van der Waals surface area contributed by atoms with Crippen LogP contribution in [0.15, 0.2) is 66.0 Å². The van der Waals surface area contributed by atoms with E-state index in [1.54, 1.807) is 19.3 Å². The summed E-state index contributed by atoms with van der Waals surface area (Å²) in [4.78, 5) is 17.8. The minimum atomic E-state index is -0.194. The van der Waals surface area contributed by atoms with Gasteiger partial charge in [0.1, 0.15) is 6.61 Å². The molecule has 0 aliphatic rings. The maximum absolute atomic E-state index is 12.7. The quantitative estimate of drug-likeness (QED) is 0.473. The zero-order valence-electron chi connectivity index (χ0n) is 15.2. The van der Waals surface area contributed by atoms with Gasteiger partial charge in [-0.15, -0.1) is 5.10 Å². The first-order chi connectivity index (χ1) is 13.7. The molecule has 2 aromatic carbocycles. The second-order valence-electron chi connectivity index (χ2n) is 5.92. The third-order valence-electron chi connectivity index (χ3n) is 4.06. The van der Waals surface area contributed by atoms with Crippen LogP contribution >= 0.6 is 11.3 Å². The molecule has 4 aromatic rings. The molecular formula is C21H17N3O3S. The average Bonchev–Trinajstić information content (AvgIpc) is 3.27. The summed E-state index contributed by atoms with van der Waals surface area (Å²) in [7, 11) is 1.58. The Hall–Kier alpha value is -3.45. The third kappa shape index (κ3) is 3.39. The minimum Gasteiger partial charge on any atom is -0.493 e. The highest BCUT2D eigenvalue weighted by atomic mass is 32.1. The number of hydrogen-bond donors (Lipinski definition) is 0. The first-order valence-corrected chi connectivity index (χ1v) is 9.39. The number of rotatable bonds is 6. The predicted molar refractivity (Wildman–Crippen MR) is 110 cm³/mol. The van der Waals surface area contributed by atoms with Crippen molar-refractivity contribution in [1.29, 1.82) is 0 Å². The molecule has 2 heterocycles. The maximum Gasteiger partial charge on any atom is 0.291 e. The van der Waals surface area contributed by atoms with Crippen molar-refractivity contribution in [3.63, 3.8) is 0 Å². The van der Waals surface area contributed by atoms with Gasteiger partial charge in [0, 0.05) is 5.56 Å². The Morgan fingerprint density at radius 1 is 1.18 bits per heavy atom. The number of aromatic nitrogens is 3. The number of fused-ring (bicyclic) bond motifs is 1. The summed E-state index contributed by atoms with van der Waals surface area (Å²) in [5.74, 6) is 1.76. The summed E-state index contributed by atoms with van der Waals surface area (Å²) in [6.45, 7) is 4.03. The Balaban J connectivity index is 1.72. The fourth-order valence-electron chi connectivity index (χ4n) is 2.74. The van der Waals surface area contributed by atoms with Gasteiger partial charge >= 0.3 is 0 Å². The van der Waals surface area contributed by atoms with E-state index in [2.05, 4.69) is 16.7 Å². The molecule has 7 heteroatoms. The molecule has 28 heavy (non-hydrogen) atoms. The van der Waals surface area contributed by atoms with E-state index in [1.165, 1.54) is 15.9 Å². The molecule has 2 aromatic heterocycles. The SMILES string of the molecule is C=CCOc1ccc(C=c2sc3nc(-c4ccccc4)nn3c2=O)cc1OC. The Labute approximate surface area is 165 Å². The fraction of sp³-hybridized carbons (Fsp3) is 0.0952.